The van der Waals surface area contributed by atoms with E-state index in [4.69, 9.17) is 4.42 Å². The van der Waals surface area contributed by atoms with Crippen molar-refractivity contribution in [3.63, 3.8) is 0 Å². The molecule has 0 spiro atoms. The number of unbranched alkanes of at least 4 members (excludes halogenated alkanes) is 1. The zero-order chi connectivity index (χ0) is 33.6. The molecule has 0 fully saturated rings. The Kier molecular flexibility index (Phi) is 11.8. The molecule has 0 aliphatic rings. The van der Waals surface area contributed by atoms with Crippen LogP contribution in [-0.4, -0.2) is 69.4 Å². The zero-order valence-corrected chi connectivity index (χ0v) is 29.5. The lowest BCUT2D eigenvalue weighted by atomic mass is 10.1. The lowest BCUT2D eigenvalue weighted by molar-refractivity contribution is -0.134. The van der Waals surface area contributed by atoms with E-state index in [0.29, 0.717) is 50.0 Å². The van der Waals surface area contributed by atoms with Gasteiger partial charge in [0.2, 0.25) is 15.9 Å². The topological polar surface area (TPSA) is 118 Å². The van der Waals surface area contributed by atoms with Gasteiger partial charge in [0.25, 0.3) is 0 Å². The molecule has 0 aliphatic carbocycles. The number of carbonyl (C=O) groups is 1. The molecule has 1 N–H and O–H groups in total. The van der Waals surface area contributed by atoms with E-state index in [1.165, 1.54) is 12.3 Å². The van der Waals surface area contributed by atoms with Crippen molar-refractivity contribution < 1.29 is 17.6 Å². The van der Waals surface area contributed by atoms with Crippen molar-refractivity contribution in [1.82, 2.24) is 34.1 Å². The highest BCUT2D eigenvalue weighted by molar-refractivity contribution is 7.89. The molecule has 252 valence electrons. The molecule has 4 aromatic rings. The van der Waals surface area contributed by atoms with E-state index in [1.807, 2.05) is 42.2 Å². The molecular formula is C34H51N7O4S. The van der Waals surface area contributed by atoms with Gasteiger partial charge in [-0.15, -0.1) is 0 Å². The summed E-state index contributed by atoms with van der Waals surface area (Å²) in [6, 6.07) is 9.79. The maximum absolute atomic E-state index is 14.0. The van der Waals surface area contributed by atoms with Crippen LogP contribution in [0.25, 0.3) is 11.0 Å². The van der Waals surface area contributed by atoms with Crippen molar-refractivity contribution in [2.45, 2.75) is 84.8 Å². The first kappa shape index (κ1) is 35.4. The Morgan fingerprint density at radius 3 is 2.00 bits per heavy atom. The van der Waals surface area contributed by atoms with Crippen molar-refractivity contribution in [3.8, 4) is 0 Å². The molecule has 0 radical (unpaired) electrons. The van der Waals surface area contributed by atoms with Crippen molar-refractivity contribution in [3.05, 3.63) is 65.4 Å². The van der Waals surface area contributed by atoms with Crippen LogP contribution in [0.1, 0.15) is 69.7 Å². The Labute approximate surface area is 274 Å². The minimum Gasteiger partial charge on any atom is -0.464 e. The third kappa shape index (κ3) is 9.52. The molecule has 0 aliphatic heterocycles. The number of sulfonamides is 1. The van der Waals surface area contributed by atoms with E-state index >= 15 is 0 Å². The SMILES string of the molecule is Cc1cc(CN(CCCCC(NS(=O)(=O)c2ccc3occc3c2)C(=O)N(CC(C)C)CC(C)C)Cc2cc(C)n(C)n2)nn1C. The van der Waals surface area contributed by atoms with Crippen molar-refractivity contribution in [2.24, 2.45) is 25.9 Å². The monoisotopic (exact) mass is 653 g/mol. The molecule has 12 heteroatoms. The summed E-state index contributed by atoms with van der Waals surface area (Å²) in [5.41, 5.74) is 4.77. The molecule has 0 bridgehead atoms. The Morgan fingerprint density at radius 2 is 1.48 bits per heavy atom. The quantitative estimate of drug-likeness (QED) is 0.156. The number of nitrogens with zero attached hydrogens (tertiary/aromatic N) is 6. The van der Waals surface area contributed by atoms with Crippen LogP contribution in [0.5, 0.6) is 0 Å². The number of rotatable bonds is 17. The smallest absolute Gasteiger partial charge is 0.241 e. The molecule has 0 saturated heterocycles. The number of furan rings is 1. The third-order valence-corrected chi connectivity index (χ3v) is 9.60. The second kappa shape index (κ2) is 15.4. The number of benzene rings is 1. The summed E-state index contributed by atoms with van der Waals surface area (Å²) in [7, 11) is -0.0874. The Hall–Kier alpha value is -3.48. The summed E-state index contributed by atoms with van der Waals surface area (Å²) in [5, 5.41) is 10.0. The highest BCUT2D eigenvalue weighted by atomic mass is 32.2. The first-order chi connectivity index (χ1) is 21.7. The van der Waals surface area contributed by atoms with Crippen LogP contribution in [0.15, 0.2) is 52.0 Å². The van der Waals surface area contributed by atoms with E-state index in [1.54, 1.807) is 18.2 Å². The van der Waals surface area contributed by atoms with Gasteiger partial charge in [-0.2, -0.15) is 14.9 Å². The van der Waals surface area contributed by atoms with E-state index < -0.39 is 16.1 Å². The lowest BCUT2D eigenvalue weighted by Gasteiger charge is -2.30. The van der Waals surface area contributed by atoms with Gasteiger partial charge in [0.05, 0.1) is 22.5 Å². The summed E-state index contributed by atoms with van der Waals surface area (Å²) < 4.78 is 39.2. The van der Waals surface area contributed by atoms with Crippen LogP contribution in [0.3, 0.4) is 0 Å². The first-order valence-corrected chi connectivity index (χ1v) is 17.7. The van der Waals surface area contributed by atoms with E-state index in [9.17, 15) is 13.2 Å². The molecule has 1 amide bonds. The molecular weight excluding hydrogens is 602 g/mol. The van der Waals surface area contributed by atoms with Gasteiger partial charge >= 0.3 is 0 Å². The largest absolute Gasteiger partial charge is 0.464 e. The van der Waals surface area contributed by atoms with Gasteiger partial charge < -0.3 is 9.32 Å². The Balaban J connectivity index is 1.50. The van der Waals surface area contributed by atoms with Gasteiger partial charge in [0.1, 0.15) is 11.6 Å². The molecule has 3 heterocycles. The summed E-state index contributed by atoms with van der Waals surface area (Å²) in [6.45, 7) is 15.6. The second-order valence-corrected chi connectivity index (χ2v) is 15.0. The Morgan fingerprint density at radius 1 is 0.891 bits per heavy atom. The van der Waals surface area contributed by atoms with Crippen molar-refractivity contribution in [2.75, 3.05) is 19.6 Å². The van der Waals surface area contributed by atoms with Gasteiger partial charge in [-0.3, -0.25) is 19.1 Å². The van der Waals surface area contributed by atoms with Gasteiger partial charge in [0, 0.05) is 57.0 Å². The number of aromatic nitrogens is 4. The lowest BCUT2D eigenvalue weighted by Crippen LogP contribution is -2.50. The molecule has 1 aromatic carbocycles. The fraction of sp³-hybridized carbons (Fsp3) is 0.559. The summed E-state index contributed by atoms with van der Waals surface area (Å²) in [6.07, 6.45) is 3.36. The summed E-state index contributed by atoms with van der Waals surface area (Å²) in [5.74, 6) is 0.324. The molecule has 1 unspecified atom stereocenters. The summed E-state index contributed by atoms with van der Waals surface area (Å²) >= 11 is 0. The number of carbonyl (C=O) groups excluding carboxylic acids is 1. The molecule has 11 nitrogen and oxygen atoms in total. The minimum absolute atomic E-state index is 0.112. The number of aryl methyl sites for hydroxylation is 4. The van der Waals surface area contributed by atoms with Crippen molar-refractivity contribution >= 4 is 26.9 Å². The van der Waals surface area contributed by atoms with Crippen LogP contribution in [0.4, 0.5) is 0 Å². The van der Waals surface area contributed by atoms with E-state index in [-0.39, 0.29) is 22.6 Å². The predicted molar refractivity (Wildman–Crippen MR) is 180 cm³/mol. The van der Waals surface area contributed by atoms with Gasteiger partial charge in [-0.1, -0.05) is 34.1 Å². The average molecular weight is 654 g/mol. The number of hydrogen-bond donors (Lipinski definition) is 1. The maximum Gasteiger partial charge on any atom is 0.241 e. The Bertz CT molecular complexity index is 1610. The zero-order valence-electron chi connectivity index (χ0n) is 28.7. The highest BCUT2D eigenvalue weighted by Crippen LogP contribution is 2.22. The highest BCUT2D eigenvalue weighted by Gasteiger charge is 2.30. The van der Waals surface area contributed by atoms with E-state index in [2.05, 4.69) is 59.6 Å². The standard InChI is InChI=1S/C34H51N7O4S/c1-24(2)20-41(21-25(3)4)34(42)32(37-46(43,44)31-12-13-33-28(19-31)14-16-45-33)11-9-10-15-40(22-29-17-26(5)38(7)35-29)23-30-18-27(6)39(8)36-30/h12-14,16-19,24-25,32,37H,9-11,15,20-23H2,1-8H3. The molecule has 4 rings (SSSR count). The molecule has 1 atom stereocenters. The molecule has 46 heavy (non-hydrogen) atoms. The van der Waals surface area contributed by atoms with E-state index in [0.717, 1.165) is 35.7 Å². The van der Waals surface area contributed by atoms with Crippen LogP contribution in [0.2, 0.25) is 0 Å². The normalized spacial score (nSPS) is 13.0. The minimum atomic E-state index is -3.97. The van der Waals surface area contributed by atoms with Gasteiger partial charge in [-0.25, -0.2) is 8.42 Å². The number of nitrogens with one attached hydrogen (secondary N) is 1. The average Bonchev–Trinajstić information content (AvgIpc) is 3.66. The second-order valence-electron chi connectivity index (χ2n) is 13.3. The van der Waals surface area contributed by atoms with Crippen molar-refractivity contribution in [1.29, 1.82) is 0 Å². The van der Waals surface area contributed by atoms with Gasteiger partial charge in [0.15, 0.2) is 0 Å². The maximum atomic E-state index is 14.0. The summed E-state index contributed by atoms with van der Waals surface area (Å²) in [4.78, 5) is 18.3. The fourth-order valence-corrected chi connectivity index (χ4v) is 7.00. The third-order valence-electron chi connectivity index (χ3n) is 8.13. The first-order valence-electron chi connectivity index (χ1n) is 16.2. The number of hydrogen-bond acceptors (Lipinski definition) is 7. The van der Waals surface area contributed by atoms with Crippen LogP contribution in [0, 0.1) is 25.7 Å². The molecule has 3 aromatic heterocycles. The fourth-order valence-electron chi connectivity index (χ4n) is 5.74. The predicted octanol–water partition coefficient (Wildman–Crippen LogP) is 5.18. The number of amides is 1. The van der Waals surface area contributed by atoms with Crippen LogP contribution < -0.4 is 4.72 Å². The number of fused-ring (bicyclic) bond motifs is 1. The molecule has 0 saturated carbocycles. The van der Waals surface area contributed by atoms with Gasteiger partial charge in [-0.05, 0) is 81.5 Å². The van der Waals surface area contributed by atoms with Crippen LogP contribution in [-0.2, 0) is 42.0 Å². The van der Waals surface area contributed by atoms with Crippen LogP contribution >= 0.6 is 0 Å².